The number of hydrogen-bond donors (Lipinski definition) is 1. The lowest BCUT2D eigenvalue weighted by molar-refractivity contribution is -0.141. The number of carbonyl (C=O) groups excluding carboxylic acids is 2. The molecule has 2 fully saturated rings. The van der Waals surface area contributed by atoms with Gasteiger partial charge in [-0.3, -0.25) is 14.6 Å². The number of nitrogens with zero attached hydrogens (tertiary/aromatic N) is 3. The minimum absolute atomic E-state index is 0.122. The van der Waals surface area contributed by atoms with Gasteiger partial charge in [-0.1, -0.05) is 0 Å². The Balaban J connectivity index is 1.31. The van der Waals surface area contributed by atoms with Gasteiger partial charge in [0.25, 0.3) is 11.8 Å². The average Bonchev–Trinajstić information content (AvgIpc) is 3.34. The van der Waals surface area contributed by atoms with E-state index in [1.54, 1.807) is 25.4 Å². The summed E-state index contributed by atoms with van der Waals surface area (Å²) >= 11 is 0. The lowest BCUT2D eigenvalue weighted by atomic mass is 10.2. The van der Waals surface area contributed by atoms with Gasteiger partial charge >= 0.3 is 0 Å². The third-order valence-electron chi connectivity index (χ3n) is 5.49. The van der Waals surface area contributed by atoms with Crippen molar-refractivity contribution in [3.8, 4) is 5.75 Å². The summed E-state index contributed by atoms with van der Waals surface area (Å²) in [5.41, 5.74) is 2.06. The minimum Gasteiger partial charge on any atom is -0.497 e. The van der Waals surface area contributed by atoms with E-state index in [2.05, 4.69) is 15.2 Å². The van der Waals surface area contributed by atoms with E-state index in [1.807, 2.05) is 29.2 Å². The number of rotatable bonds is 5. The number of methoxy groups -OCH3 is 1. The standard InChI is InChI=1S/C22H26N4O4/c1-29-18-8-9-23-19(15-18)21(27)24-16-4-6-17(7-5-16)25-10-12-26(13-11-25)22(28)20-3-2-14-30-20/h4-9,15,20H,2-3,10-14H2,1H3,(H,24,27)/t20-/m0/s1. The first-order chi connectivity index (χ1) is 14.6. The SMILES string of the molecule is COc1ccnc(C(=O)Nc2ccc(N3CCN(C(=O)[C@@H]4CCCO4)CC3)cc2)c1. The monoisotopic (exact) mass is 410 g/mol. The number of ether oxygens (including phenoxy) is 2. The Morgan fingerprint density at radius 2 is 1.90 bits per heavy atom. The Kier molecular flexibility index (Phi) is 6.13. The van der Waals surface area contributed by atoms with E-state index in [0.717, 1.165) is 31.6 Å². The van der Waals surface area contributed by atoms with Gasteiger partial charge in [-0.05, 0) is 43.2 Å². The normalized spacial score (nSPS) is 18.9. The van der Waals surface area contributed by atoms with Crippen LogP contribution in [0.4, 0.5) is 11.4 Å². The first kappa shape index (κ1) is 20.2. The zero-order valence-corrected chi connectivity index (χ0v) is 17.0. The first-order valence-electron chi connectivity index (χ1n) is 10.2. The van der Waals surface area contributed by atoms with Crippen molar-refractivity contribution in [1.82, 2.24) is 9.88 Å². The molecule has 2 aromatic rings. The quantitative estimate of drug-likeness (QED) is 0.813. The van der Waals surface area contributed by atoms with E-state index in [1.165, 1.54) is 0 Å². The van der Waals surface area contributed by atoms with Crippen molar-refractivity contribution in [2.24, 2.45) is 0 Å². The summed E-state index contributed by atoms with van der Waals surface area (Å²) in [6.45, 7) is 3.63. The molecule has 2 amide bonds. The van der Waals surface area contributed by atoms with Crippen LogP contribution in [0.5, 0.6) is 5.75 Å². The van der Waals surface area contributed by atoms with Crippen molar-refractivity contribution in [1.29, 1.82) is 0 Å². The Morgan fingerprint density at radius 3 is 2.57 bits per heavy atom. The first-order valence-corrected chi connectivity index (χ1v) is 10.2. The molecule has 158 valence electrons. The topological polar surface area (TPSA) is 84.0 Å². The maximum absolute atomic E-state index is 12.5. The van der Waals surface area contributed by atoms with Crippen LogP contribution in [0.1, 0.15) is 23.3 Å². The molecular formula is C22H26N4O4. The van der Waals surface area contributed by atoms with Crippen molar-refractivity contribution in [2.45, 2.75) is 18.9 Å². The van der Waals surface area contributed by atoms with Crippen LogP contribution in [0.2, 0.25) is 0 Å². The smallest absolute Gasteiger partial charge is 0.274 e. The summed E-state index contributed by atoms with van der Waals surface area (Å²) in [7, 11) is 1.55. The highest BCUT2D eigenvalue weighted by molar-refractivity contribution is 6.03. The zero-order chi connectivity index (χ0) is 20.9. The predicted molar refractivity (Wildman–Crippen MR) is 113 cm³/mol. The molecule has 0 spiro atoms. The summed E-state index contributed by atoms with van der Waals surface area (Å²) in [6, 6.07) is 11.0. The zero-order valence-electron chi connectivity index (χ0n) is 17.0. The van der Waals surface area contributed by atoms with Crippen molar-refractivity contribution >= 4 is 23.2 Å². The Hall–Kier alpha value is -3.13. The van der Waals surface area contributed by atoms with Crippen molar-refractivity contribution in [2.75, 3.05) is 50.1 Å². The fourth-order valence-corrected chi connectivity index (χ4v) is 3.77. The van der Waals surface area contributed by atoms with Crippen LogP contribution in [0, 0.1) is 0 Å². The number of anilines is 2. The van der Waals surface area contributed by atoms with Crippen LogP contribution in [0.3, 0.4) is 0 Å². The Morgan fingerprint density at radius 1 is 1.13 bits per heavy atom. The highest BCUT2D eigenvalue weighted by Crippen LogP contribution is 2.22. The number of amides is 2. The molecule has 0 unspecified atom stereocenters. The second-order valence-electron chi connectivity index (χ2n) is 7.40. The van der Waals surface area contributed by atoms with Gasteiger partial charge in [-0.15, -0.1) is 0 Å². The average molecular weight is 410 g/mol. The largest absolute Gasteiger partial charge is 0.497 e. The number of aromatic nitrogens is 1. The molecule has 0 saturated carbocycles. The fourth-order valence-electron chi connectivity index (χ4n) is 3.77. The van der Waals surface area contributed by atoms with Gasteiger partial charge < -0.3 is 24.6 Å². The van der Waals surface area contributed by atoms with Gasteiger partial charge in [0, 0.05) is 56.4 Å². The maximum Gasteiger partial charge on any atom is 0.274 e. The molecule has 1 aromatic heterocycles. The predicted octanol–water partition coefficient (Wildman–Crippen LogP) is 2.17. The molecule has 0 bridgehead atoms. The van der Waals surface area contributed by atoms with Gasteiger partial charge in [-0.25, -0.2) is 0 Å². The van der Waals surface area contributed by atoms with Gasteiger partial charge in [0.2, 0.25) is 0 Å². The van der Waals surface area contributed by atoms with Crippen LogP contribution in [-0.2, 0) is 9.53 Å². The summed E-state index contributed by atoms with van der Waals surface area (Å²) in [4.78, 5) is 33.1. The molecule has 3 heterocycles. The van der Waals surface area contributed by atoms with E-state index in [4.69, 9.17) is 9.47 Å². The fraction of sp³-hybridized carbons (Fsp3) is 0.409. The number of pyridine rings is 1. The van der Waals surface area contributed by atoms with Gasteiger partial charge in [0.1, 0.15) is 17.5 Å². The van der Waals surface area contributed by atoms with E-state index in [-0.39, 0.29) is 17.9 Å². The highest BCUT2D eigenvalue weighted by atomic mass is 16.5. The Bertz CT molecular complexity index is 888. The van der Waals surface area contributed by atoms with Gasteiger partial charge in [-0.2, -0.15) is 0 Å². The second kappa shape index (κ2) is 9.13. The summed E-state index contributed by atoms with van der Waals surface area (Å²) < 4.78 is 10.7. The molecule has 0 radical (unpaired) electrons. The van der Waals surface area contributed by atoms with E-state index in [0.29, 0.717) is 36.8 Å². The molecule has 4 rings (SSSR count). The number of carbonyl (C=O) groups is 2. The molecule has 2 saturated heterocycles. The molecule has 8 nitrogen and oxygen atoms in total. The second-order valence-corrected chi connectivity index (χ2v) is 7.40. The van der Waals surface area contributed by atoms with E-state index < -0.39 is 0 Å². The number of piperazine rings is 1. The van der Waals surface area contributed by atoms with Crippen molar-refractivity contribution in [3.63, 3.8) is 0 Å². The van der Waals surface area contributed by atoms with Crippen LogP contribution < -0.4 is 15.0 Å². The summed E-state index contributed by atoms with van der Waals surface area (Å²) in [5, 5.41) is 2.85. The molecular weight excluding hydrogens is 384 g/mol. The number of nitrogens with one attached hydrogen (secondary N) is 1. The van der Waals surface area contributed by atoms with Crippen LogP contribution in [-0.4, -0.2) is 67.7 Å². The van der Waals surface area contributed by atoms with Crippen LogP contribution in [0.25, 0.3) is 0 Å². The van der Waals surface area contributed by atoms with Crippen molar-refractivity contribution in [3.05, 3.63) is 48.3 Å². The lowest BCUT2D eigenvalue weighted by Gasteiger charge is -2.37. The third kappa shape index (κ3) is 4.54. The molecule has 2 aliphatic heterocycles. The highest BCUT2D eigenvalue weighted by Gasteiger charge is 2.30. The molecule has 30 heavy (non-hydrogen) atoms. The number of hydrogen-bond acceptors (Lipinski definition) is 6. The maximum atomic E-state index is 12.5. The molecule has 1 atom stereocenters. The third-order valence-corrected chi connectivity index (χ3v) is 5.49. The molecule has 1 N–H and O–H groups in total. The Labute approximate surface area is 175 Å². The van der Waals surface area contributed by atoms with Crippen LogP contribution in [0.15, 0.2) is 42.6 Å². The summed E-state index contributed by atoms with van der Waals surface area (Å²) in [6.07, 6.45) is 3.09. The van der Waals surface area contributed by atoms with Crippen molar-refractivity contribution < 1.29 is 19.1 Å². The minimum atomic E-state index is -0.289. The molecule has 0 aliphatic carbocycles. The van der Waals surface area contributed by atoms with Gasteiger partial charge in [0.05, 0.1) is 7.11 Å². The number of benzene rings is 1. The molecule has 2 aliphatic rings. The summed E-state index contributed by atoms with van der Waals surface area (Å²) in [5.74, 6) is 0.418. The van der Waals surface area contributed by atoms with E-state index in [9.17, 15) is 9.59 Å². The van der Waals surface area contributed by atoms with E-state index >= 15 is 0 Å². The lowest BCUT2D eigenvalue weighted by Crippen LogP contribution is -2.51. The van der Waals surface area contributed by atoms with Crippen LogP contribution >= 0.6 is 0 Å². The molecule has 1 aromatic carbocycles. The van der Waals surface area contributed by atoms with Gasteiger partial charge in [0.15, 0.2) is 0 Å². The molecule has 8 heteroatoms.